The van der Waals surface area contributed by atoms with E-state index in [-0.39, 0.29) is 18.0 Å². The van der Waals surface area contributed by atoms with Gasteiger partial charge in [0.15, 0.2) is 5.17 Å². The van der Waals surface area contributed by atoms with Crippen LogP contribution >= 0.6 is 11.8 Å². The lowest BCUT2D eigenvalue weighted by Crippen LogP contribution is -2.33. The molecule has 0 aliphatic heterocycles. The Morgan fingerprint density at radius 2 is 1.40 bits per heavy atom. The van der Waals surface area contributed by atoms with E-state index in [0.717, 1.165) is 11.8 Å². The lowest BCUT2D eigenvalue weighted by Gasteiger charge is -2.14. The summed E-state index contributed by atoms with van der Waals surface area (Å²) in [5.74, 6) is -1.06. The van der Waals surface area contributed by atoms with Gasteiger partial charge in [0.25, 0.3) is 0 Å². The number of hydrogen-bond acceptors (Lipinski definition) is 9. The fourth-order valence-electron chi connectivity index (χ4n) is 1.23. The molecule has 0 saturated heterocycles. The van der Waals surface area contributed by atoms with Gasteiger partial charge >= 0.3 is 24.1 Å². The van der Waals surface area contributed by atoms with Gasteiger partial charge in [-0.05, 0) is 6.26 Å². The van der Waals surface area contributed by atoms with Crippen molar-refractivity contribution in [1.82, 2.24) is 5.32 Å². The smallest absolute Gasteiger partial charge is 0.425 e. The van der Waals surface area contributed by atoms with Gasteiger partial charge in [0.2, 0.25) is 12.6 Å². The predicted octanol–water partition coefficient (Wildman–Crippen LogP) is 2.17. The minimum absolute atomic E-state index is 0.113. The Morgan fingerprint density at radius 3 is 1.84 bits per heavy atom. The number of esters is 2. The molecule has 2 amide bonds. The first-order valence-corrected chi connectivity index (χ1v) is 8.64. The molecule has 0 saturated carbocycles. The molecule has 0 aliphatic carbocycles. The molecule has 0 heterocycles. The number of thioether (sulfide) groups is 1. The van der Waals surface area contributed by atoms with Crippen LogP contribution in [0.1, 0.15) is 40.5 Å². The normalized spacial score (nSPS) is 13.2. The maximum absolute atomic E-state index is 11.6. The lowest BCUT2D eigenvalue weighted by molar-refractivity contribution is -0.165. The Morgan fingerprint density at radius 1 is 0.920 bits per heavy atom. The van der Waals surface area contributed by atoms with Crippen molar-refractivity contribution in [3.63, 3.8) is 0 Å². The molecule has 0 bridgehead atoms. The number of rotatable bonds is 6. The SMILES string of the molecule is CCC(=O)OC(C)OC(=O)N=C(NC(=O)OC(C)OC(=O)CC)SC. The first-order chi connectivity index (χ1) is 11.7. The highest BCUT2D eigenvalue weighted by Crippen LogP contribution is 2.03. The lowest BCUT2D eigenvalue weighted by atomic mass is 10.5. The van der Waals surface area contributed by atoms with Gasteiger partial charge in [0, 0.05) is 26.7 Å². The van der Waals surface area contributed by atoms with Gasteiger partial charge in [-0.3, -0.25) is 14.9 Å². The molecule has 0 aromatic rings. The third-order valence-corrected chi connectivity index (χ3v) is 2.89. The molecule has 2 unspecified atom stereocenters. The van der Waals surface area contributed by atoms with Crippen LogP contribution in [0.5, 0.6) is 0 Å². The summed E-state index contributed by atoms with van der Waals surface area (Å²) in [4.78, 5) is 48.9. The number of alkyl carbamates (subject to hydrolysis) is 1. The summed E-state index contributed by atoms with van der Waals surface area (Å²) in [6, 6.07) is 0. The predicted molar refractivity (Wildman–Crippen MR) is 88.7 cm³/mol. The maximum Gasteiger partial charge on any atom is 0.439 e. The number of hydrogen-bond donors (Lipinski definition) is 1. The van der Waals surface area contributed by atoms with Crippen molar-refractivity contribution in [2.75, 3.05) is 6.26 Å². The first kappa shape index (κ1) is 22.7. The Balaban J connectivity index is 4.52. The molecule has 11 heteroatoms. The monoisotopic (exact) mass is 378 g/mol. The minimum atomic E-state index is -1.12. The van der Waals surface area contributed by atoms with Crippen LogP contribution in [0.2, 0.25) is 0 Å². The van der Waals surface area contributed by atoms with E-state index in [1.165, 1.54) is 13.8 Å². The molecular formula is C14H22N2O8S. The maximum atomic E-state index is 11.6. The summed E-state index contributed by atoms with van der Waals surface area (Å²) in [5.41, 5.74) is 0. The highest BCUT2D eigenvalue weighted by molar-refractivity contribution is 8.13. The summed E-state index contributed by atoms with van der Waals surface area (Å²) in [6.07, 6.45) is -2.43. The van der Waals surface area contributed by atoms with Gasteiger partial charge in [0.05, 0.1) is 0 Å². The summed E-state index contributed by atoms with van der Waals surface area (Å²) in [6.45, 7) is 5.90. The number of carbonyl (C=O) groups is 4. The van der Waals surface area contributed by atoms with E-state index in [1.807, 2.05) is 0 Å². The van der Waals surface area contributed by atoms with Gasteiger partial charge in [-0.25, -0.2) is 9.59 Å². The van der Waals surface area contributed by atoms with E-state index in [1.54, 1.807) is 20.1 Å². The van der Waals surface area contributed by atoms with E-state index in [4.69, 9.17) is 18.9 Å². The highest BCUT2D eigenvalue weighted by Gasteiger charge is 2.17. The number of ether oxygens (including phenoxy) is 4. The summed E-state index contributed by atoms with van der Waals surface area (Å²) < 4.78 is 19.0. The summed E-state index contributed by atoms with van der Waals surface area (Å²) >= 11 is 0.939. The zero-order valence-corrected chi connectivity index (χ0v) is 15.5. The fraction of sp³-hybridized carbons (Fsp3) is 0.643. The third kappa shape index (κ3) is 11.0. The van der Waals surface area contributed by atoms with Crippen molar-refractivity contribution < 1.29 is 38.1 Å². The van der Waals surface area contributed by atoms with Crippen molar-refractivity contribution in [2.24, 2.45) is 4.99 Å². The first-order valence-electron chi connectivity index (χ1n) is 7.41. The number of amides is 2. The van der Waals surface area contributed by atoms with Crippen molar-refractivity contribution in [3.8, 4) is 0 Å². The Bertz CT molecular complexity index is 523. The zero-order valence-electron chi connectivity index (χ0n) is 14.7. The van der Waals surface area contributed by atoms with Gasteiger partial charge in [-0.1, -0.05) is 25.6 Å². The number of nitrogens with one attached hydrogen (secondary N) is 1. The molecule has 0 aliphatic rings. The van der Waals surface area contributed by atoms with Crippen LogP contribution in [0.15, 0.2) is 4.99 Å². The standard InChI is InChI=1S/C14H22N2O8S/c1-6-10(17)21-8(3)23-13(19)15-12(25-5)16-14(20)24-9(4)22-11(18)7-2/h8-9H,6-7H2,1-5H3,(H,15,16,19,20). The van der Waals surface area contributed by atoms with Crippen molar-refractivity contribution in [3.05, 3.63) is 0 Å². The average Bonchev–Trinajstić information content (AvgIpc) is 2.52. The molecule has 10 nitrogen and oxygen atoms in total. The molecule has 0 aromatic carbocycles. The van der Waals surface area contributed by atoms with Crippen molar-refractivity contribution in [1.29, 1.82) is 0 Å². The second-order valence-corrected chi connectivity index (χ2v) is 5.15. The van der Waals surface area contributed by atoms with Crippen LogP contribution in [0.3, 0.4) is 0 Å². The summed E-state index contributed by atoms with van der Waals surface area (Å²) in [7, 11) is 0. The second kappa shape index (κ2) is 12.1. The quantitative estimate of drug-likeness (QED) is 0.320. The van der Waals surface area contributed by atoms with Crippen LogP contribution in [-0.2, 0) is 28.5 Å². The Kier molecular flexibility index (Phi) is 11.0. The van der Waals surface area contributed by atoms with Crippen LogP contribution in [-0.4, -0.2) is 48.1 Å². The molecule has 2 atom stereocenters. The van der Waals surface area contributed by atoms with Gasteiger partial charge < -0.3 is 18.9 Å². The molecule has 0 aromatic heterocycles. The third-order valence-electron chi connectivity index (χ3n) is 2.31. The Hall–Kier alpha value is -2.30. The van der Waals surface area contributed by atoms with Crippen LogP contribution in [0.4, 0.5) is 9.59 Å². The van der Waals surface area contributed by atoms with E-state index in [9.17, 15) is 19.2 Å². The number of nitrogens with zero attached hydrogens (tertiary/aromatic N) is 1. The van der Waals surface area contributed by atoms with Crippen molar-refractivity contribution >= 4 is 41.1 Å². The van der Waals surface area contributed by atoms with Crippen LogP contribution in [0.25, 0.3) is 0 Å². The van der Waals surface area contributed by atoms with Gasteiger partial charge in [-0.15, -0.1) is 0 Å². The van der Waals surface area contributed by atoms with E-state index >= 15 is 0 Å². The largest absolute Gasteiger partial charge is 0.439 e. The van der Waals surface area contributed by atoms with Crippen molar-refractivity contribution in [2.45, 2.75) is 53.1 Å². The minimum Gasteiger partial charge on any atom is -0.425 e. The number of amidine groups is 1. The van der Waals surface area contributed by atoms with E-state index in [0.29, 0.717) is 0 Å². The molecular weight excluding hydrogens is 356 g/mol. The van der Waals surface area contributed by atoms with Gasteiger partial charge in [0.1, 0.15) is 0 Å². The number of aliphatic imine (C=N–C) groups is 1. The highest BCUT2D eigenvalue weighted by atomic mass is 32.2. The number of carbonyl (C=O) groups excluding carboxylic acids is 4. The molecule has 1 N–H and O–H groups in total. The second-order valence-electron chi connectivity index (χ2n) is 4.36. The molecule has 0 spiro atoms. The zero-order chi connectivity index (χ0) is 19.4. The molecule has 25 heavy (non-hydrogen) atoms. The van der Waals surface area contributed by atoms with E-state index < -0.39 is 36.7 Å². The van der Waals surface area contributed by atoms with Crippen LogP contribution in [0, 0.1) is 0 Å². The van der Waals surface area contributed by atoms with Crippen LogP contribution < -0.4 is 5.32 Å². The molecule has 0 radical (unpaired) electrons. The topological polar surface area (TPSA) is 130 Å². The average molecular weight is 378 g/mol. The molecule has 142 valence electrons. The molecule has 0 rings (SSSR count). The van der Waals surface area contributed by atoms with E-state index in [2.05, 4.69) is 10.3 Å². The van der Waals surface area contributed by atoms with Gasteiger partial charge in [-0.2, -0.15) is 4.99 Å². The molecule has 0 fully saturated rings. The Labute approximate surface area is 149 Å². The fourth-order valence-corrected chi connectivity index (χ4v) is 1.58. The summed E-state index contributed by atoms with van der Waals surface area (Å²) in [5, 5.41) is 2.08.